The smallest absolute Gasteiger partial charge is 0.305 e. The number of hydrogen-bond donors (Lipinski definition) is 3. The summed E-state index contributed by atoms with van der Waals surface area (Å²) in [6.07, 6.45) is 3.28. The molecule has 0 aliphatic carbocycles. The van der Waals surface area contributed by atoms with E-state index in [1.165, 1.54) is 16.7 Å². The van der Waals surface area contributed by atoms with Gasteiger partial charge in [0.15, 0.2) is 0 Å². The lowest BCUT2D eigenvalue weighted by Crippen LogP contribution is -2.39. The Morgan fingerprint density at radius 1 is 1.09 bits per heavy atom. The number of aromatic amines is 1. The molecule has 1 amide bonds. The molecule has 0 radical (unpaired) electrons. The van der Waals surface area contributed by atoms with Gasteiger partial charge in [-0.2, -0.15) is 0 Å². The lowest BCUT2D eigenvalue weighted by Gasteiger charge is -2.25. The third-order valence-electron chi connectivity index (χ3n) is 5.61. The minimum Gasteiger partial charge on any atom is -0.481 e. The van der Waals surface area contributed by atoms with Crippen molar-refractivity contribution in [2.75, 3.05) is 0 Å². The highest BCUT2D eigenvalue weighted by Crippen LogP contribution is 2.27. The normalized spacial score (nSPS) is 12.8. The molecule has 2 heterocycles. The quantitative estimate of drug-likeness (QED) is 0.449. The fourth-order valence-corrected chi connectivity index (χ4v) is 3.99. The summed E-state index contributed by atoms with van der Waals surface area (Å²) >= 11 is 0. The number of H-pyrrole nitrogens is 1. The van der Waals surface area contributed by atoms with Gasteiger partial charge in [0.25, 0.3) is 5.56 Å². The first-order valence-electron chi connectivity index (χ1n) is 11.1. The summed E-state index contributed by atoms with van der Waals surface area (Å²) in [5.74, 6) is -1.35. The van der Waals surface area contributed by atoms with Crippen LogP contribution in [0.15, 0.2) is 70.5 Å². The predicted octanol–water partition coefficient (Wildman–Crippen LogP) is 3.43. The van der Waals surface area contributed by atoms with Gasteiger partial charge in [0, 0.05) is 30.1 Å². The zero-order chi connectivity index (χ0) is 24.8. The molecular weight excluding hydrogens is 434 g/mol. The number of nitrogens with one attached hydrogen (secondary N) is 2. The SMILES string of the molecule is Cc1cc(=O)[nH]cc1-c1cccc([C@H](CC(=O)O)NC(=O)C(CC(C)C)n2ccccc2=O)c1. The second kappa shape index (κ2) is 10.8. The van der Waals surface area contributed by atoms with E-state index in [-0.39, 0.29) is 23.5 Å². The molecule has 0 fully saturated rings. The highest BCUT2D eigenvalue weighted by Gasteiger charge is 2.26. The lowest BCUT2D eigenvalue weighted by atomic mass is 9.96. The molecule has 34 heavy (non-hydrogen) atoms. The predicted molar refractivity (Wildman–Crippen MR) is 130 cm³/mol. The Morgan fingerprint density at radius 2 is 1.85 bits per heavy atom. The third kappa shape index (κ3) is 6.10. The van der Waals surface area contributed by atoms with Crippen LogP contribution in [-0.2, 0) is 9.59 Å². The van der Waals surface area contributed by atoms with E-state index in [1.807, 2.05) is 26.8 Å². The van der Waals surface area contributed by atoms with Crippen molar-refractivity contribution in [3.63, 3.8) is 0 Å². The molecule has 0 aliphatic heterocycles. The van der Waals surface area contributed by atoms with Crippen LogP contribution in [0, 0.1) is 12.8 Å². The average molecular weight is 464 g/mol. The highest BCUT2D eigenvalue weighted by atomic mass is 16.4. The van der Waals surface area contributed by atoms with E-state index in [1.54, 1.807) is 42.7 Å². The molecule has 3 rings (SSSR count). The maximum atomic E-state index is 13.3. The number of aliphatic carboxylic acids is 1. The molecule has 0 spiro atoms. The van der Waals surface area contributed by atoms with Gasteiger partial charge in [-0.15, -0.1) is 0 Å². The highest BCUT2D eigenvalue weighted by molar-refractivity contribution is 5.81. The van der Waals surface area contributed by atoms with Crippen molar-refractivity contribution < 1.29 is 14.7 Å². The van der Waals surface area contributed by atoms with E-state index in [2.05, 4.69) is 10.3 Å². The zero-order valence-corrected chi connectivity index (χ0v) is 19.4. The van der Waals surface area contributed by atoms with Crippen molar-refractivity contribution in [3.8, 4) is 11.1 Å². The number of carbonyl (C=O) groups excluding carboxylic acids is 1. The number of hydrogen-bond acceptors (Lipinski definition) is 4. The Balaban J connectivity index is 1.96. The van der Waals surface area contributed by atoms with Gasteiger partial charge in [0.1, 0.15) is 6.04 Å². The molecule has 1 aromatic carbocycles. The Hall–Kier alpha value is -3.94. The van der Waals surface area contributed by atoms with Crippen LogP contribution in [-0.4, -0.2) is 26.5 Å². The van der Waals surface area contributed by atoms with E-state index in [4.69, 9.17) is 0 Å². The van der Waals surface area contributed by atoms with Gasteiger partial charge >= 0.3 is 5.97 Å². The number of nitrogens with zero attached hydrogens (tertiary/aromatic N) is 1. The van der Waals surface area contributed by atoms with Crippen LogP contribution in [0.4, 0.5) is 0 Å². The first-order chi connectivity index (χ1) is 16.2. The standard InChI is InChI=1S/C26H29N3O5/c1-16(2)11-22(29-10-5-4-9-24(29)31)26(34)28-21(14-25(32)33)19-8-6-7-18(13-19)20-15-27-23(30)12-17(20)3/h4-10,12-13,15-16,21-22H,11,14H2,1-3H3,(H,27,30)(H,28,34)(H,32,33)/t21-,22?/m0/s1. The second-order valence-corrected chi connectivity index (χ2v) is 8.77. The number of benzene rings is 1. The molecule has 0 saturated carbocycles. The molecule has 0 saturated heterocycles. The van der Waals surface area contributed by atoms with E-state index in [9.17, 15) is 24.3 Å². The molecule has 0 bridgehead atoms. The fourth-order valence-electron chi connectivity index (χ4n) is 3.99. The van der Waals surface area contributed by atoms with Gasteiger partial charge < -0.3 is 20.0 Å². The summed E-state index contributed by atoms with van der Waals surface area (Å²) < 4.78 is 1.38. The Bertz CT molecular complexity index is 1290. The van der Waals surface area contributed by atoms with Crippen LogP contribution in [0.2, 0.25) is 0 Å². The Labute approximate surface area is 197 Å². The molecule has 0 aliphatic rings. The van der Waals surface area contributed by atoms with Crippen molar-refractivity contribution in [2.45, 2.75) is 45.7 Å². The largest absolute Gasteiger partial charge is 0.481 e. The number of amides is 1. The van der Waals surface area contributed by atoms with Crippen molar-refractivity contribution in [2.24, 2.45) is 5.92 Å². The van der Waals surface area contributed by atoms with Crippen LogP contribution < -0.4 is 16.4 Å². The Kier molecular flexibility index (Phi) is 7.83. The van der Waals surface area contributed by atoms with Gasteiger partial charge in [-0.1, -0.05) is 38.1 Å². The van der Waals surface area contributed by atoms with E-state index in [0.29, 0.717) is 12.0 Å². The van der Waals surface area contributed by atoms with Gasteiger partial charge in [-0.3, -0.25) is 19.2 Å². The summed E-state index contributed by atoms with van der Waals surface area (Å²) in [6.45, 7) is 5.74. The van der Waals surface area contributed by atoms with E-state index >= 15 is 0 Å². The molecular formula is C26H29N3O5. The minimum atomic E-state index is -1.06. The maximum Gasteiger partial charge on any atom is 0.305 e. The maximum absolute atomic E-state index is 13.3. The summed E-state index contributed by atoms with van der Waals surface area (Å²) in [6, 6.07) is 11.8. The molecule has 178 valence electrons. The fraction of sp³-hybridized carbons (Fsp3) is 0.308. The first kappa shape index (κ1) is 24.7. The van der Waals surface area contributed by atoms with Crippen LogP contribution in [0.3, 0.4) is 0 Å². The van der Waals surface area contributed by atoms with Crippen LogP contribution >= 0.6 is 0 Å². The van der Waals surface area contributed by atoms with Gasteiger partial charge in [0.2, 0.25) is 11.5 Å². The molecule has 2 atom stereocenters. The molecule has 1 unspecified atom stereocenters. The van der Waals surface area contributed by atoms with Crippen molar-refractivity contribution in [3.05, 3.63) is 92.8 Å². The monoisotopic (exact) mass is 463 g/mol. The van der Waals surface area contributed by atoms with Crippen molar-refractivity contribution in [1.82, 2.24) is 14.9 Å². The lowest BCUT2D eigenvalue weighted by molar-refractivity contribution is -0.138. The minimum absolute atomic E-state index is 0.132. The van der Waals surface area contributed by atoms with Gasteiger partial charge in [-0.05, 0) is 48.1 Å². The van der Waals surface area contributed by atoms with Crippen LogP contribution in [0.25, 0.3) is 11.1 Å². The summed E-state index contributed by atoms with van der Waals surface area (Å²) in [5, 5.41) is 12.4. The molecule has 3 aromatic rings. The number of aromatic nitrogens is 2. The number of pyridine rings is 2. The van der Waals surface area contributed by atoms with Crippen molar-refractivity contribution >= 4 is 11.9 Å². The zero-order valence-electron chi connectivity index (χ0n) is 19.4. The third-order valence-corrected chi connectivity index (χ3v) is 5.61. The molecule has 3 N–H and O–H groups in total. The van der Waals surface area contributed by atoms with Gasteiger partial charge in [0.05, 0.1) is 12.5 Å². The molecule has 8 nitrogen and oxygen atoms in total. The number of carbonyl (C=O) groups is 2. The van der Waals surface area contributed by atoms with Crippen LogP contribution in [0.5, 0.6) is 0 Å². The number of rotatable bonds is 9. The molecule has 2 aromatic heterocycles. The average Bonchev–Trinajstić information content (AvgIpc) is 2.77. The second-order valence-electron chi connectivity index (χ2n) is 8.77. The summed E-state index contributed by atoms with van der Waals surface area (Å²) in [7, 11) is 0. The van der Waals surface area contributed by atoms with E-state index < -0.39 is 24.0 Å². The van der Waals surface area contributed by atoms with Gasteiger partial charge in [-0.25, -0.2) is 0 Å². The first-order valence-corrected chi connectivity index (χ1v) is 11.1. The number of carboxylic acids is 1. The topological polar surface area (TPSA) is 121 Å². The Morgan fingerprint density at radius 3 is 2.50 bits per heavy atom. The summed E-state index contributed by atoms with van der Waals surface area (Å²) in [5.41, 5.74) is 2.47. The van der Waals surface area contributed by atoms with Crippen molar-refractivity contribution in [1.29, 1.82) is 0 Å². The summed E-state index contributed by atoms with van der Waals surface area (Å²) in [4.78, 5) is 51.6. The number of aryl methyl sites for hydroxylation is 1. The van der Waals surface area contributed by atoms with Crippen LogP contribution in [0.1, 0.15) is 49.9 Å². The van der Waals surface area contributed by atoms with E-state index in [0.717, 1.165) is 16.7 Å². The number of carboxylic acid groups (broad SMARTS) is 1. The molecule has 8 heteroatoms.